The number of nitrogens with two attached hydrogens (primary N) is 1. The minimum Gasteiger partial charge on any atom is -0.368 e. The zero-order valence-corrected chi connectivity index (χ0v) is 13.2. The highest BCUT2D eigenvalue weighted by Crippen LogP contribution is 2.22. The van der Waals surface area contributed by atoms with Gasteiger partial charge in [0.2, 0.25) is 11.9 Å². The molecule has 1 unspecified atom stereocenters. The Hall–Kier alpha value is -2.24. The molecule has 1 aromatic carbocycles. The van der Waals surface area contributed by atoms with Crippen molar-refractivity contribution < 1.29 is 4.39 Å². The average molecular weight is 303 g/mol. The van der Waals surface area contributed by atoms with Crippen molar-refractivity contribution in [1.82, 2.24) is 15.0 Å². The topological polar surface area (TPSA) is 76.7 Å². The van der Waals surface area contributed by atoms with E-state index >= 15 is 0 Å². The molecular weight excluding hydrogens is 281 g/mol. The summed E-state index contributed by atoms with van der Waals surface area (Å²) in [5.74, 6) is 0.375. The van der Waals surface area contributed by atoms with Crippen molar-refractivity contribution in [2.45, 2.75) is 45.3 Å². The zero-order valence-electron chi connectivity index (χ0n) is 13.2. The van der Waals surface area contributed by atoms with E-state index in [1.807, 2.05) is 25.1 Å². The van der Waals surface area contributed by atoms with Gasteiger partial charge in [-0.1, -0.05) is 30.3 Å². The van der Waals surface area contributed by atoms with Crippen LogP contribution in [-0.4, -0.2) is 21.0 Å². The van der Waals surface area contributed by atoms with E-state index < -0.39 is 5.67 Å². The number of alkyl halides is 1. The van der Waals surface area contributed by atoms with Crippen LogP contribution in [0.5, 0.6) is 0 Å². The van der Waals surface area contributed by atoms with Crippen LogP contribution >= 0.6 is 0 Å². The van der Waals surface area contributed by atoms with Crippen LogP contribution in [0.1, 0.15) is 38.6 Å². The summed E-state index contributed by atoms with van der Waals surface area (Å²) >= 11 is 0. The summed E-state index contributed by atoms with van der Waals surface area (Å²) in [4.78, 5) is 12.0. The molecule has 0 amide bonds. The minimum absolute atomic E-state index is 0.0217. The van der Waals surface area contributed by atoms with Gasteiger partial charge in [0.15, 0.2) is 11.5 Å². The third-order valence-electron chi connectivity index (χ3n) is 3.27. The maximum atomic E-state index is 14.0. The Balaban J connectivity index is 1.99. The average Bonchev–Trinajstić information content (AvgIpc) is 2.45. The molecule has 2 aromatic rings. The smallest absolute Gasteiger partial charge is 0.228 e. The normalized spacial score (nSPS) is 12.9. The van der Waals surface area contributed by atoms with Gasteiger partial charge in [0.05, 0.1) is 0 Å². The van der Waals surface area contributed by atoms with Gasteiger partial charge in [-0.25, -0.2) is 4.39 Å². The number of nitrogens with zero attached hydrogens (tertiary/aromatic N) is 3. The van der Waals surface area contributed by atoms with Gasteiger partial charge >= 0.3 is 0 Å². The molecule has 0 spiro atoms. The molecule has 0 aliphatic rings. The highest BCUT2D eigenvalue weighted by atomic mass is 19.1. The summed E-state index contributed by atoms with van der Waals surface area (Å²) in [6, 6.07) is 10.4. The Morgan fingerprint density at radius 1 is 1.18 bits per heavy atom. The fourth-order valence-corrected chi connectivity index (χ4v) is 2.04. The van der Waals surface area contributed by atoms with Crippen molar-refractivity contribution in [2.75, 3.05) is 11.1 Å². The van der Waals surface area contributed by atoms with E-state index in [0.29, 0.717) is 5.95 Å². The number of aromatic nitrogens is 3. The second-order valence-electron chi connectivity index (χ2n) is 5.88. The van der Waals surface area contributed by atoms with Crippen molar-refractivity contribution in [1.29, 1.82) is 0 Å². The third kappa shape index (κ3) is 4.65. The van der Waals surface area contributed by atoms with Gasteiger partial charge in [-0.15, -0.1) is 0 Å². The first kappa shape index (κ1) is 16.1. The Kier molecular flexibility index (Phi) is 4.90. The molecule has 1 heterocycles. The first-order chi connectivity index (χ1) is 10.3. The van der Waals surface area contributed by atoms with E-state index in [2.05, 4.69) is 32.4 Å². The quantitative estimate of drug-likeness (QED) is 0.857. The highest BCUT2D eigenvalue weighted by molar-refractivity contribution is 5.33. The first-order valence-electron chi connectivity index (χ1n) is 7.36. The van der Waals surface area contributed by atoms with E-state index in [-0.39, 0.29) is 17.8 Å². The van der Waals surface area contributed by atoms with Crippen LogP contribution in [0.2, 0.25) is 0 Å². The number of nitrogens with one attached hydrogen (secondary N) is 1. The SMILES string of the molecule is CC(CCc1ccccc1)Nc1nc(N)nc(C(C)(C)F)n1. The van der Waals surface area contributed by atoms with Crippen LogP contribution < -0.4 is 11.1 Å². The van der Waals surface area contributed by atoms with E-state index in [9.17, 15) is 4.39 Å². The first-order valence-corrected chi connectivity index (χ1v) is 7.36. The zero-order chi connectivity index (χ0) is 16.2. The van der Waals surface area contributed by atoms with Crippen LogP contribution in [0.3, 0.4) is 0 Å². The van der Waals surface area contributed by atoms with Crippen molar-refractivity contribution >= 4 is 11.9 Å². The molecule has 22 heavy (non-hydrogen) atoms. The lowest BCUT2D eigenvalue weighted by molar-refractivity contribution is 0.206. The molecule has 1 aromatic heterocycles. The molecule has 0 radical (unpaired) electrons. The molecule has 0 aliphatic carbocycles. The van der Waals surface area contributed by atoms with Crippen molar-refractivity contribution in [2.24, 2.45) is 0 Å². The predicted molar refractivity (Wildman–Crippen MR) is 86.2 cm³/mol. The van der Waals surface area contributed by atoms with Crippen molar-refractivity contribution in [3.05, 3.63) is 41.7 Å². The van der Waals surface area contributed by atoms with Gasteiger partial charge in [0.1, 0.15) is 0 Å². The van der Waals surface area contributed by atoms with Crippen LogP contribution in [0.4, 0.5) is 16.3 Å². The molecule has 0 fully saturated rings. The number of hydrogen-bond acceptors (Lipinski definition) is 5. The van der Waals surface area contributed by atoms with Gasteiger partial charge in [0, 0.05) is 6.04 Å². The van der Waals surface area contributed by atoms with Crippen LogP contribution in [0.25, 0.3) is 0 Å². The summed E-state index contributed by atoms with van der Waals surface area (Å²) < 4.78 is 14.0. The van der Waals surface area contributed by atoms with E-state index in [1.54, 1.807) is 0 Å². The Labute approximate surface area is 130 Å². The molecule has 3 N–H and O–H groups in total. The molecule has 0 saturated carbocycles. The molecule has 0 saturated heterocycles. The molecular formula is C16H22FN5. The largest absolute Gasteiger partial charge is 0.368 e. The van der Waals surface area contributed by atoms with E-state index in [0.717, 1.165) is 12.8 Å². The maximum Gasteiger partial charge on any atom is 0.228 e. The fraction of sp³-hybridized carbons (Fsp3) is 0.438. The maximum absolute atomic E-state index is 14.0. The Morgan fingerprint density at radius 2 is 1.86 bits per heavy atom. The number of benzene rings is 1. The van der Waals surface area contributed by atoms with E-state index in [4.69, 9.17) is 5.73 Å². The lowest BCUT2D eigenvalue weighted by atomic mass is 10.1. The van der Waals surface area contributed by atoms with Crippen LogP contribution in [-0.2, 0) is 12.1 Å². The van der Waals surface area contributed by atoms with Gasteiger partial charge in [-0.05, 0) is 39.2 Å². The summed E-state index contributed by atoms with van der Waals surface area (Å²) in [6.45, 7) is 4.82. The second-order valence-corrected chi connectivity index (χ2v) is 5.88. The Bertz CT molecular complexity index is 610. The van der Waals surface area contributed by atoms with Gasteiger partial charge < -0.3 is 11.1 Å². The molecule has 1 atom stereocenters. The van der Waals surface area contributed by atoms with Gasteiger partial charge in [-0.2, -0.15) is 15.0 Å². The highest BCUT2D eigenvalue weighted by Gasteiger charge is 2.24. The third-order valence-corrected chi connectivity index (χ3v) is 3.27. The molecule has 118 valence electrons. The van der Waals surface area contributed by atoms with Crippen molar-refractivity contribution in [3.63, 3.8) is 0 Å². The number of hydrogen-bond donors (Lipinski definition) is 2. The number of anilines is 2. The monoisotopic (exact) mass is 303 g/mol. The number of rotatable bonds is 6. The molecule has 5 nitrogen and oxygen atoms in total. The fourth-order valence-electron chi connectivity index (χ4n) is 2.04. The summed E-state index contributed by atoms with van der Waals surface area (Å²) in [6.07, 6.45) is 1.85. The minimum atomic E-state index is -1.65. The molecule has 6 heteroatoms. The van der Waals surface area contributed by atoms with Crippen molar-refractivity contribution in [3.8, 4) is 0 Å². The van der Waals surface area contributed by atoms with Gasteiger partial charge in [-0.3, -0.25) is 0 Å². The summed E-state index contributed by atoms with van der Waals surface area (Å²) in [5, 5.41) is 3.16. The summed E-state index contributed by atoms with van der Waals surface area (Å²) in [5.41, 5.74) is 5.25. The second kappa shape index (κ2) is 6.68. The molecule has 0 aliphatic heterocycles. The standard InChI is InChI=1S/C16H22FN5/c1-11(9-10-12-7-5-4-6-8-12)19-15-21-13(16(2,3)17)20-14(18)22-15/h4-8,11H,9-10H2,1-3H3,(H3,18,19,20,21,22). The Morgan fingerprint density at radius 3 is 2.50 bits per heavy atom. The lowest BCUT2D eigenvalue weighted by Crippen LogP contribution is -2.22. The lowest BCUT2D eigenvalue weighted by Gasteiger charge is -2.17. The molecule has 2 rings (SSSR count). The summed E-state index contributed by atoms with van der Waals surface area (Å²) in [7, 11) is 0. The van der Waals surface area contributed by atoms with Crippen LogP contribution in [0, 0.1) is 0 Å². The van der Waals surface area contributed by atoms with Crippen LogP contribution in [0.15, 0.2) is 30.3 Å². The predicted octanol–water partition coefficient (Wildman–Crippen LogP) is 3.09. The van der Waals surface area contributed by atoms with E-state index in [1.165, 1.54) is 19.4 Å². The number of halogens is 1. The number of nitrogen functional groups attached to an aromatic ring is 1. The number of aryl methyl sites for hydroxylation is 1. The van der Waals surface area contributed by atoms with Gasteiger partial charge in [0.25, 0.3) is 0 Å². The molecule has 0 bridgehead atoms.